The summed E-state index contributed by atoms with van der Waals surface area (Å²) in [6.45, 7) is 5.73. The van der Waals surface area contributed by atoms with Gasteiger partial charge >= 0.3 is 0 Å². The van der Waals surface area contributed by atoms with Crippen molar-refractivity contribution >= 4 is 11.8 Å². The van der Waals surface area contributed by atoms with Crippen LogP contribution in [-0.4, -0.2) is 24.5 Å². The number of hydrogen-bond acceptors (Lipinski definition) is 3. The zero-order valence-electron chi connectivity index (χ0n) is 11.3. The van der Waals surface area contributed by atoms with E-state index in [4.69, 9.17) is 10.5 Å². The largest absolute Gasteiger partial charge is 0.379 e. The highest BCUT2D eigenvalue weighted by atomic mass is 32.2. The van der Waals surface area contributed by atoms with E-state index in [0.717, 1.165) is 25.2 Å². The second-order valence-corrected chi connectivity index (χ2v) is 6.19. The minimum Gasteiger partial charge on any atom is -0.379 e. The van der Waals surface area contributed by atoms with Crippen molar-refractivity contribution in [2.24, 2.45) is 5.73 Å². The van der Waals surface area contributed by atoms with Crippen LogP contribution in [0.1, 0.15) is 38.2 Å². The summed E-state index contributed by atoms with van der Waals surface area (Å²) in [7, 11) is 0. The van der Waals surface area contributed by atoms with Gasteiger partial charge in [0.2, 0.25) is 0 Å². The third kappa shape index (κ3) is 3.08. The summed E-state index contributed by atoms with van der Waals surface area (Å²) >= 11 is 1.93. The minimum atomic E-state index is -0.148. The summed E-state index contributed by atoms with van der Waals surface area (Å²) < 4.78 is 5.88. The fourth-order valence-corrected chi connectivity index (χ4v) is 3.46. The molecule has 2 nitrogen and oxygen atoms in total. The molecule has 3 heteroatoms. The standard InChI is InChI=1S/C15H23NOS/c1-3-15(16,4-2)11-17-9-12-10-18-14-8-6-5-7-13(12)14/h5-8,12H,3-4,9-11,16H2,1-2H3. The average molecular weight is 265 g/mol. The first-order valence-electron chi connectivity index (χ1n) is 6.77. The highest BCUT2D eigenvalue weighted by Crippen LogP contribution is 2.39. The van der Waals surface area contributed by atoms with Crippen molar-refractivity contribution in [3.05, 3.63) is 29.8 Å². The molecule has 2 rings (SSSR count). The van der Waals surface area contributed by atoms with Gasteiger partial charge in [0.05, 0.1) is 13.2 Å². The van der Waals surface area contributed by atoms with Crippen LogP contribution >= 0.6 is 11.8 Å². The summed E-state index contributed by atoms with van der Waals surface area (Å²) in [6, 6.07) is 8.64. The van der Waals surface area contributed by atoms with Gasteiger partial charge in [-0.2, -0.15) is 0 Å². The Hall–Kier alpha value is -0.510. The van der Waals surface area contributed by atoms with Gasteiger partial charge in [0, 0.05) is 22.1 Å². The van der Waals surface area contributed by atoms with E-state index in [1.165, 1.54) is 10.5 Å². The average Bonchev–Trinajstić information content (AvgIpc) is 2.82. The Labute approximate surface area is 114 Å². The van der Waals surface area contributed by atoms with E-state index in [2.05, 4.69) is 38.1 Å². The Morgan fingerprint density at radius 2 is 2.06 bits per heavy atom. The lowest BCUT2D eigenvalue weighted by atomic mass is 9.95. The molecule has 2 N–H and O–H groups in total. The highest BCUT2D eigenvalue weighted by molar-refractivity contribution is 7.99. The lowest BCUT2D eigenvalue weighted by Gasteiger charge is -2.27. The second kappa shape index (κ2) is 6.09. The molecule has 1 aliphatic heterocycles. The Morgan fingerprint density at radius 1 is 1.33 bits per heavy atom. The summed E-state index contributed by atoms with van der Waals surface area (Å²) in [6.07, 6.45) is 1.94. The minimum absolute atomic E-state index is 0.148. The maximum absolute atomic E-state index is 6.25. The quantitative estimate of drug-likeness (QED) is 0.856. The molecule has 0 saturated carbocycles. The van der Waals surface area contributed by atoms with E-state index < -0.39 is 0 Å². The lowest BCUT2D eigenvalue weighted by molar-refractivity contribution is 0.0742. The van der Waals surface area contributed by atoms with Crippen LogP contribution in [0.5, 0.6) is 0 Å². The van der Waals surface area contributed by atoms with Gasteiger partial charge in [0.15, 0.2) is 0 Å². The zero-order chi connectivity index (χ0) is 13.0. The Bertz CT molecular complexity index is 390. The summed E-state index contributed by atoms with van der Waals surface area (Å²) in [4.78, 5) is 1.41. The van der Waals surface area contributed by atoms with Crippen LogP contribution in [0.15, 0.2) is 29.2 Å². The van der Waals surface area contributed by atoms with Crippen LogP contribution in [-0.2, 0) is 4.74 Å². The van der Waals surface area contributed by atoms with Crippen LogP contribution in [0.2, 0.25) is 0 Å². The molecule has 1 aliphatic rings. The lowest BCUT2D eigenvalue weighted by Crippen LogP contribution is -2.43. The predicted octanol–water partition coefficient (Wildman–Crippen LogP) is 3.41. The normalized spacial score (nSPS) is 18.9. The summed E-state index contributed by atoms with van der Waals surface area (Å²) in [5, 5.41) is 0. The van der Waals surface area contributed by atoms with Crippen LogP contribution < -0.4 is 5.73 Å². The molecule has 0 spiro atoms. The van der Waals surface area contributed by atoms with Crippen molar-refractivity contribution in [1.29, 1.82) is 0 Å². The number of thioether (sulfide) groups is 1. The molecule has 0 bridgehead atoms. The van der Waals surface area contributed by atoms with Crippen LogP contribution in [0.3, 0.4) is 0 Å². The van der Waals surface area contributed by atoms with Crippen molar-refractivity contribution in [2.75, 3.05) is 19.0 Å². The van der Waals surface area contributed by atoms with E-state index in [1.807, 2.05) is 11.8 Å². The van der Waals surface area contributed by atoms with E-state index >= 15 is 0 Å². The topological polar surface area (TPSA) is 35.2 Å². The molecule has 0 amide bonds. The molecular weight excluding hydrogens is 242 g/mol. The van der Waals surface area contributed by atoms with Gasteiger partial charge in [0.25, 0.3) is 0 Å². The molecule has 1 aromatic rings. The summed E-state index contributed by atoms with van der Waals surface area (Å²) in [5.74, 6) is 1.67. The maximum Gasteiger partial charge on any atom is 0.0646 e. The molecule has 0 aliphatic carbocycles. The van der Waals surface area contributed by atoms with Crippen molar-refractivity contribution in [3.63, 3.8) is 0 Å². The highest BCUT2D eigenvalue weighted by Gasteiger charge is 2.25. The molecule has 0 saturated heterocycles. The Balaban J connectivity index is 1.86. The molecule has 18 heavy (non-hydrogen) atoms. The molecule has 1 heterocycles. The van der Waals surface area contributed by atoms with Gasteiger partial charge in [-0.05, 0) is 24.5 Å². The first-order chi connectivity index (χ1) is 8.68. The first-order valence-corrected chi connectivity index (χ1v) is 7.75. The van der Waals surface area contributed by atoms with Gasteiger partial charge in [-0.3, -0.25) is 0 Å². The van der Waals surface area contributed by atoms with Crippen LogP contribution in [0, 0.1) is 0 Å². The van der Waals surface area contributed by atoms with Crippen LogP contribution in [0.4, 0.5) is 0 Å². The van der Waals surface area contributed by atoms with Crippen molar-refractivity contribution in [2.45, 2.75) is 43.0 Å². The van der Waals surface area contributed by atoms with E-state index in [0.29, 0.717) is 12.5 Å². The smallest absolute Gasteiger partial charge is 0.0646 e. The first kappa shape index (κ1) is 13.9. The monoisotopic (exact) mass is 265 g/mol. The van der Waals surface area contributed by atoms with Gasteiger partial charge in [-0.1, -0.05) is 32.0 Å². The number of fused-ring (bicyclic) bond motifs is 1. The van der Waals surface area contributed by atoms with E-state index in [-0.39, 0.29) is 5.54 Å². The number of nitrogens with two attached hydrogens (primary N) is 1. The van der Waals surface area contributed by atoms with E-state index in [9.17, 15) is 0 Å². The predicted molar refractivity (Wildman–Crippen MR) is 78.2 cm³/mol. The molecular formula is C15H23NOS. The van der Waals surface area contributed by atoms with Crippen molar-refractivity contribution in [3.8, 4) is 0 Å². The van der Waals surface area contributed by atoms with Crippen molar-refractivity contribution in [1.82, 2.24) is 0 Å². The molecule has 0 aromatic heterocycles. The molecule has 100 valence electrons. The third-order valence-corrected chi connectivity index (χ3v) is 5.17. The zero-order valence-corrected chi connectivity index (χ0v) is 12.1. The van der Waals surface area contributed by atoms with Gasteiger partial charge < -0.3 is 10.5 Å². The molecule has 1 aromatic carbocycles. The fraction of sp³-hybridized carbons (Fsp3) is 0.600. The van der Waals surface area contributed by atoms with Crippen LogP contribution in [0.25, 0.3) is 0 Å². The van der Waals surface area contributed by atoms with Gasteiger partial charge in [0.1, 0.15) is 0 Å². The second-order valence-electron chi connectivity index (χ2n) is 5.13. The maximum atomic E-state index is 6.25. The van der Waals surface area contributed by atoms with Crippen molar-refractivity contribution < 1.29 is 4.74 Å². The molecule has 1 atom stereocenters. The molecule has 0 fully saturated rings. The summed E-state index contributed by atoms with van der Waals surface area (Å²) in [5.41, 5.74) is 7.54. The SMILES string of the molecule is CCC(N)(CC)COCC1CSc2ccccc21. The van der Waals surface area contributed by atoms with Gasteiger partial charge in [-0.15, -0.1) is 11.8 Å². The van der Waals surface area contributed by atoms with Gasteiger partial charge in [-0.25, -0.2) is 0 Å². The number of ether oxygens (including phenoxy) is 1. The Morgan fingerprint density at radius 3 is 2.78 bits per heavy atom. The van der Waals surface area contributed by atoms with E-state index in [1.54, 1.807) is 0 Å². The number of rotatable bonds is 6. The molecule has 0 radical (unpaired) electrons. The Kier molecular flexibility index (Phi) is 4.71. The molecule has 1 unspecified atom stereocenters. The number of hydrogen-bond donors (Lipinski definition) is 1. The number of benzene rings is 1. The fourth-order valence-electron chi connectivity index (χ4n) is 2.23. The third-order valence-electron chi connectivity index (χ3n) is 3.92.